The highest BCUT2D eigenvalue weighted by Crippen LogP contribution is 2.62. The van der Waals surface area contributed by atoms with Crippen molar-refractivity contribution < 1.29 is 9.41 Å². The third-order valence-corrected chi connectivity index (χ3v) is 18.0. The van der Waals surface area contributed by atoms with Gasteiger partial charge in [-0.1, -0.05) is 107 Å². The minimum absolute atomic E-state index is 0. The van der Waals surface area contributed by atoms with Crippen LogP contribution in [0.3, 0.4) is 0 Å². The van der Waals surface area contributed by atoms with Gasteiger partial charge in [-0.25, -0.2) is 0 Å². The lowest BCUT2D eigenvalue weighted by Gasteiger charge is -2.28. The summed E-state index contributed by atoms with van der Waals surface area (Å²) in [6, 6.07) is 0. The quantitative estimate of drug-likeness (QED) is 0.120. The van der Waals surface area contributed by atoms with Gasteiger partial charge < -0.3 is 9.41 Å². The highest BCUT2D eigenvalue weighted by Gasteiger charge is 2.35. The molecule has 4 heteroatoms. The van der Waals surface area contributed by atoms with Crippen LogP contribution in [0.15, 0.2) is 0 Å². The summed E-state index contributed by atoms with van der Waals surface area (Å²) in [6.07, 6.45) is 35.9. The Morgan fingerprint density at radius 1 is 0.250 bits per heavy atom. The van der Waals surface area contributed by atoms with E-state index in [-0.39, 0.29) is 9.41 Å². The lowest BCUT2D eigenvalue weighted by Crippen LogP contribution is -3.00. The van der Waals surface area contributed by atoms with Crippen molar-refractivity contribution in [1.82, 2.24) is 0 Å². The van der Waals surface area contributed by atoms with E-state index >= 15 is 0 Å². The van der Waals surface area contributed by atoms with Gasteiger partial charge in [-0.15, -0.1) is 0 Å². The molecule has 0 aromatic carbocycles. The molecule has 0 unspecified atom stereocenters. The first kappa shape index (κ1) is 43.8. The standard InChI is InChI=1S/2C16H36P.2FH/c2*1-5-9-13-17(14-10-6-2,15-11-7-3)16-12-8-4;;/h2*5-16H2,1-4H3;2*1H/q2*+1;;/p-2. The first-order valence-electron chi connectivity index (χ1n) is 16.2. The van der Waals surface area contributed by atoms with Crippen LogP contribution < -0.4 is 9.41 Å². The van der Waals surface area contributed by atoms with Crippen LogP contribution in [0.5, 0.6) is 0 Å². The third kappa shape index (κ3) is 23.8. The zero-order valence-electron chi connectivity index (χ0n) is 26.6. The topological polar surface area (TPSA) is 0 Å². The van der Waals surface area contributed by atoms with Crippen molar-refractivity contribution in [1.29, 1.82) is 0 Å². The molecule has 0 aromatic rings. The fourth-order valence-electron chi connectivity index (χ4n) is 5.29. The number of hydrogen-bond acceptors (Lipinski definition) is 0. The molecule has 0 N–H and O–H groups in total. The summed E-state index contributed by atoms with van der Waals surface area (Å²) in [7, 11) is -1.12. The molecule has 0 aromatic heterocycles. The molecule has 0 fully saturated rings. The van der Waals surface area contributed by atoms with Crippen molar-refractivity contribution in [2.75, 3.05) is 49.3 Å². The van der Waals surface area contributed by atoms with Crippen LogP contribution in [-0.2, 0) is 0 Å². The van der Waals surface area contributed by atoms with E-state index in [0.29, 0.717) is 0 Å². The van der Waals surface area contributed by atoms with Gasteiger partial charge in [0.15, 0.2) is 0 Å². The minimum Gasteiger partial charge on any atom is -1.00 e. The summed E-state index contributed by atoms with van der Waals surface area (Å²) in [6.45, 7) is 18.8. The summed E-state index contributed by atoms with van der Waals surface area (Å²) >= 11 is 0. The highest BCUT2D eigenvalue weighted by atomic mass is 31.2. The SMILES string of the molecule is CCCC[P+](CCCC)(CCCC)CCCC.CCCC[P+](CCCC)(CCCC)CCCC.[F-].[F-]. The van der Waals surface area contributed by atoms with Gasteiger partial charge in [0, 0.05) is 14.5 Å². The molecule has 0 aliphatic rings. The fourth-order valence-corrected chi connectivity index (χ4v) is 15.9. The Morgan fingerprint density at radius 2 is 0.361 bits per heavy atom. The molecule has 0 saturated heterocycles. The molecule has 0 aliphatic heterocycles. The van der Waals surface area contributed by atoms with Crippen LogP contribution in [0.4, 0.5) is 0 Å². The normalized spacial score (nSPS) is 11.3. The third-order valence-electron chi connectivity index (χ3n) is 7.89. The summed E-state index contributed by atoms with van der Waals surface area (Å²) in [4.78, 5) is 0. The zero-order chi connectivity index (χ0) is 26.0. The molecule has 224 valence electrons. The number of halogens is 2. The molecule has 0 spiro atoms. The van der Waals surface area contributed by atoms with E-state index in [9.17, 15) is 0 Å². The second-order valence-corrected chi connectivity index (χ2v) is 20.2. The maximum Gasteiger partial charge on any atom is 0.0594 e. The lowest BCUT2D eigenvalue weighted by atomic mass is 10.4. The molecule has 0 nitrogen and oxygen atoms in total. The number of rotatable bonds is 24. The lowest BCUT2D eigenvalue weighted by molar-refractivity contribution is -0.00100. The van der Waals surface area contributed by atoms with E-state index in [1.807, 2.05) is 0 Å². The molecule has 0 bridgehead atoms. The van der Waals surface area contributed by atoms with Crippen LogP contribution in [0.1, 0.15) is 158 Å². The smallest absolute Gasteiger partial charge is 0.0594 e. The van der Waals surface area contributed by atoms with E-state index in [2.05, 4.69) is 55.4 Å². The Hall–Kier alpha value is 0.720. The van der Waals surface area contributed by atoms with Crippen molar-refractivity contribution in [3.63, 3.8) is 0 Å². The number of unbranched alkanes of at least 4 members (excludes halogenated alkanes) is 8. The van der Waals surface area contributed by atoms with E-state index in [0.717, 1.165) is 0 Å². The molecule has 0 radical (unpaired) electrons. The molecule has 0 saturated carbocycles. The average Bonchev–Trinajstić information content (AvgIpc) is 2.87. The monoisotopic (exact) mass is 557 g/mol. The van der Waals surface area contributed by atoms with E-state index in [4.69, 9.17) is 0 Å². The van der Waals surface area contributed by atoms with Gasteiger partial charge in [0.25, 0.3) is 0 Å². The summed E-state index contributed by atoms with van der Waals surface area (Å²) in [5.74, 6) is 0. The summed E-state index contributed by atoms with van der Waals surface area (Å²) in [5, 5.41) is 0. The predicted octanol–water partition coefficient (Wildman–Crippen LogP) is 6.42. The van der Waals surface area contributed by atoms with Gasteiger partial charge in [0.2, 0.25) is 0 Å². The Bertz CT molecular complexity index is 279. The minimum atomic E-state index is -0.562. The van der Waals surface area contributed by atoms with Crippen LogP contribution in [0, 0.1) is 0 Å². The molecule has 0 rings (SSSR count). The maximum atomic E-state index is 2.36. The first-order chi connectivity index (χ1) is 16.5. The van der Waals surface area contributed by atoms with Crippen molar-refractivity contribution in [3.8, 4) is 0 Å². The second-order valence-electron chi connectivity index (χ2n) is 11.3. The number of hydrogen-bond donors (Lipinski definition) is 0. The summed E-state index contributed by atoms with van der Waals surface area (Å²) < 4.78 is 0. The maximum absolute atomic E-state index is 2.36. The van der Waals surface area contributed by atoms with Crippen LogP contribution in [0.2, 0.25) is 0 Å². The molecule has 36 heavy (non-hydrogen) atoms. The van der Waals surface area contributed by atoms with E-state index in [1.165, 1.54) is 103 Å². The molecular weight excluding hydrogens is 484 g/mol. The molecule has 0 aliphatic carbocycles. The molecule has 0 heterocycles. The van der Waals surface area contributed by atoms with Crippen LogP contribution >= 0.6 is 14.5 Å². The Labute approximate surface area is 231 Å². The Kier molecular flexibility index (Phi) is 38.8. The Morgan fingerprint density at radius 3 is 0.444 bits per heavy atom. The van der Waals surface area contributed by atoms with Gasteiger partial charge in [0.1, 0.15) is 0 Å². The molecule has 0 atom stereocenters. The second kappa shape index (κ2) is 31.9. The van der Waals surface area contributed by atoms with Crippen LogP contribution in [-0.4, -0.2) is 49.3 Å². The van der Waals surface area contributed by atoms with Gasteiger partial charge in [0.05, 0.1) is 49.3 Å². The van der Waals surface area contributed by atoms with Crippen molar-refractivity contribution in [2.45, 2.75) is 158 Å². The molecular formula is C32H72F2P2. The average molecular weight is 557 g/mol. The van der Waals surface area contributed by atoms with Crippen LogP contribution in [0.25, 0.3) is 0 Å². The van der Waals surface area contributed by atoms with Gasteiger partial charge in [-0.3, -0.25) is 0 Å². The van der Waals surface area contributed by atoms with Gasteiger partial charge in [-0.2, -0.15) is 0 Å². The van der Waals surface area contributed by atoms with E-state index in [1.54, 1.807) is 49.3 Å². The predicted molar refractivity (Wildman–Crippen MR) is 172 cm³/mol. The summed E-state index contributed by atoms with van der Waals surface area (Å²) in [5.41, 5.74) is 0. The van der Waals surface area contributed by atoms with Crippen molar-refractivity contribution >= 4 is 14.5 Å². The Balaban J connectivity index is -0.000000269. The van der Waals surface area contributed by atoms with Crippen molar-refractivity contribution in [3.05, 3.63) is 0 Å². The van der Waals surface area contributed by atoms with Crippen molar-refractivity contribution in [2.24, 2.45) is 0 Å². The molecule has 0 amide bonds. The first-order valence-corrected chi connectivity index (χ1v) is 21.2. The van der Waals surface area contributed by atoms with Gasteiger partial charge in [-0.05, 0) is 51.4 Å². The fraction of sp³-hybridized carbons (Fsp3) is 1.00. The van der Waals surface area contributed by atoms with Gasteiger partial charge >= 0.3 is 0 Å². The largest absolute Gasteiger partial charge is 1.00 e. The highest BCUT2D eigenvalue weighted by molar-refractivity contribution is 7.76. The van der Waals surface area contributed by atoms with E-state index < -0.39 is 14.5 Å². The zero-order valence-corrected chi connectivity index (χ0v) is 28.4.